The van der Waals surface area contributed by atoms with Gasteiger partial charge < -0.3 is 9.30 Å². The quantitative estimate of drug-likeness (QED) is 0.557. The van der Waals surface area contributed by atoms with E-state index in [-0.39, 0.29) is 5.38 Å². The van der Waals surface area contributed by atoms with Gasteiger partial charge in [0.1, 0.15) is 5.82 Å². The van der Waals surface area contributed by atoms with Crippen LogP contribution in [0.15, 0.2) is 18.2 Å². The van der Waals surface area contributed by atoms with Crippen molar-refractivity contribution in [2.45, 2.75) is 45.5 Å². The molecule has 4 heteroatoms. The SMILES string of the molecule is CCCOCCCn1c(C(C)Cl)nc2cccc(C)c21. The predicted molar refractivity (Wildman–Crippen MR) is 84.5 cm³/mol. The zero-order valence-electron chi connectivity index (χ0n) is 12.5. The van der Waals surface area contributed by atoms with Gasteiger partial charge in [0.25, 0.3) is 0 Å². The molecule has 0 bridgehead atoms. The van der Waals surface area contributed by atoms with Crippen LogP contribution < -0.4 is 0 Å². The third-order valence-electron chi connectivity index (χ3n) is 3.37. The minimum atomic E-state index is -0.0849. The summed E-state index contributed by atoms with van der Waals surface area (Å²) in [5.41, 5.74) is 3.47. The molecule has 0 spiro atoms. The Morgan fingerprint density at radius 1 is 1.35 bits per heavy atom. The lowest BCUT2D eigenvalue weighted by Crippen LogP contribution is -2.08. The minimum Gasteiger partial charge on any atom is -0.381 e. The van der Waals surface area contributed by atoms with Crippen molar-refractivity contribution >= 4 is 22.6 Å². The van der Waals surface area contributed by atoms with Gasteiger partial charge in [0.15, 0.2) is 0 Å². The van der Waals surface area contributed by atoms with E-state index in [1.165, 1.54) is 11.1 Å². The van der Waals surface area contributed by atoms with Crippen LogP contribution in [0.25, 0.3) is 11.0 Å². The number of hydrogen-bond donors (Lipinski definition) is 0. The van der Waals surface area contributed by atoms with Crippen LogP contribution in [-0.2, 0) is 11.3 Å². The Hall–Kier alpha value is -1.06. The molecule has 20 heavy (non-hydrogen) atoms. The summed E-state index contributed by atoms with van der Waals surface area (Å²) < 4.78 is 7.80. The van der Waals surface area contributed by atoms with E-state index in [2.05, 4.69) is 35.5 Å². The number of rotatable bonds is 7. The van der Waals surface area contributed by atoms with Gasteiger partial charge >= 0.3 is 0 Å². The van der Waals surface area contributed by atoms with Crippen LogP contribution in [0.3, 0.4) is 0 Å². The number of alkyl halides is 1. The number of aryl methyl sites for hydroxylation is 2. The van der Waals surface area contributed by atoms with Crippen molar-refractivity contribution in [2.75, 3.05) is 13.2 Å². The van der Waals surface area contributed by atoms with Crippen LogP contribution in [-0.4, -0.2) is 22.8 Å². The van der Waals surface area contributed by atoms with Crippen LogP contribution in [0.2, 0.25) is 0 Å². The fraction of sp³-hybridized carbons (Fsp3) is 0.562. The van der Waals surface area contributed by atoms with E-state index in [1.807, 2.05) is 13.0 Å². The van der Waals surface area contributed by atoms with Crippen LogP contribution >= 0.6 is 11.6 Å². The summed E-state index contributed by atoms with van der Waals surface area (Å²) in [6, 6.07) is 6.22. The van der Waals surface area contributed by atoms with Gasteiger partial charge in [-0.15, -0.1) is 11.6 Å². The molecule has 1 unspecified atom stereocenters. The first-order chi connectivity index (χ1) is 9.65. The van der Waals surface area contributed by atoms with E-state index in [1.54, 1.807) is 0 Å². The molecule has 0 radical (unpaired) electrons. The molecule has 1 atom stereocenters. The van der Waals surface area contributed by atoms with Gasteiger partial charge in [0, 0.05) is 19.8 Å². The first-order valence-corrected chi connectivity index (χ1v) is 7.76. The predicted octanol–water partition coefficient (Wildman–Crippen LogP) is 4.46. The summed E-state index contributed by atoms with van der Waals surface area (Å²) >= 11 is 6.28. The number of para-hydroxylation sites is 1. The molecule has 2 rings (SSSR count). The van der Waals surface area contributed by atoms with E-state index in [0.717, 1.165) is 43.9 Å². The molecule has 0 aliphatic carbocycles. The summed E-state index contributed by atoms with van der Waals surface area (Å²) in [6.07, 6.45) is 2.05. The van der Waals surface area contributed by atoms with Gasteiger partial charge in [-0.05, 0) is 38.3 Å². The van der Waals surface area contributed by atoms with Gasteiger partial charge in [-0.25, -0.2) is 4.98 Å². The highest BCUT2D eigenvalue weighted by atomic mass is 35.5. The summed E-state index contributed by atoms with van der Waals surface area (Å²) in [4.78, 5) is 4.68. The Morgan fingerprint density at radius 3 is 2.85 bits per heavy atom. The number of benzene rings is 1. The molecular formula is C16H23ClN2O. The fourth-order valence-corrected chi connectivity index (χ4v) is 2.65. The van der Waals surface area contributed by atoms with E-state index in [0.29, 0.717) is 0 Å². The van der Waals surface area contributed by atoms with Gasteiger partial charge in [-0.2, -0.15) is 0 Å². The van der Waals surface area contributed by atoms with Gasteiger partial charge in [0.2, 0.25) is 0 Å². The van der Waals surface area contributed by atoms with E-state index >= 15 is 0 Å². The fourth-order valence-electron chi connectivity index (χ4n) is 2.48. The highest BCUT2D eigenvalue weighted by molar-refractivity contribution is 6.20. The highest BCUT2D eigenvalue weighted by Crippen LogP contribution is 2.26. The second-order valence-electron chi connectivity index (χ2n) is 5.15. The molecule has 0 aliphatic rings. The lowest BCUT2D eigenvalue weighted by atomic mass is 10.2. The summed E-state index contributed by atoms with van der Waals surface area (Å²) in [6.45, 7) is 8.74. The Morgan fingerprint density at radius 2 is 2.15 bits per heavy atom. The monoisotopic (exact) mass is 294 g/mol. The summed E-state index contributed by atoms with van der Waals surface area (Å²) in [5, 5.41) is -0.0849. The van der Waals surface area contributed by atoms with Crippen molar-refractivity contribution in [1.29, 1.82) is 0 Å². The Balaban J connectivity index is 2.22. The second kappa shape index (κ2) is 7.09. The standard InChI is InChI=1S/C16H23ClN2O/c1-4-10-20-11-6-9-19-15-12(2)7-5-8-14(15)18-16(19)13(3)17/h5,7-8,13H,4,6,9-11H2,1-3H3. The summed E-state index contributed by atoms with van der Waals surface area (Å²) in [5.74, 6) is 0.950. The van der Waals surface area contributed by atoms with Crippen molar-refractivity contribution in [3.63, 3.8) is 0 Å². The maximum atomic E-state index is 6.28. The molecule has 1 aromatic heterocycles. The van der Waals surface area contributed by atoms with E-state index in [9.17, 15) is 0 Å². The van der Waals surface area contributed by atoms with Gasteiger partial charge in [-0.3, -0.25) is 0 Å². The topological polar surface area (TPSA) is 27.1 Å². The molecule has 110 valence electrons. The maximum Gasteiger partial charge on any atom is 0.127 e. The number of imidazole rings is 1. The molecule has 0 fully saturated rings. The molecule has 2 aromatic rings. The highest BCUT2D eigenvalue weighted by Gasteiger charge is 2.15. The van der Waals surface area contributed by atoms with Crippen molar-refractivity contribution in [1.82, 2.24) is 9.55 Å². The van der Waals surface area contributed by atoms with Crippen LogP contribution in [0.1, 0.15) is 43.5 Å². The smallest absolute Gasteiger partial charge is 0.127 e. The normalized spacial score (nSPS) is 13.0. The first-order valence-electron chi connectivity index (χ1n) is 7.32. The third-order valence-corrected chi connectivity index (χ3v) is 3.57. The lowest BCUT2D eigenvalue weighted by Gasteiger charge is -2.11. The Bertz CT molecular complexity index is 563. The molecule has 0 saturated carbocycles. The molecule has 0 N–H and O–H groups in total. The molecule has 0 saturated heterocycles. The summed E-state index contributed by atoms with van der Waals surface area (Å²) in [7, 11) is 0. The largest absolute Gasteiger partial charge is 0.381 e. The Kier molecular flexibility index (Phi) is 5.44. The Labute approximate surface area is 125 Å². The molecule has 1 aromatic carbocycles. The van der Waals surface area contributed by atoms with E-state index < -0.39 is 0 Å². The van der Waals surface area contributed by atoms with E-state index in [4.69, 9.17) is 16.3 Å². The molecule has 0 aliphatic heterocycles. The number of hydrogen-bond acceptors (Lipinski definition) is 2. The van der Waals surface area contributed by atoms with Crippen LogP contribution in [0.4, 0.5) is 0 Å². The number of fused-ring (bicyclic) bond motifs is 1. The van der Waals surface area contributed by atoms with Gasteiger partial charge in [-0.1, -0.05) is 19.1 Å². The number of ether oxygens (including phenoxy) is 1. The van der Waals surface area contributed by atoms with Crippen molar-refractivity contribution < 1.29 is 4.74 Å². The zero-order valence-corrected chi connectivity index (χ0v) is 13.3. The van der Waals surface area contributed by atoms with Crippen LogP contribution in [0.5, 0.6) is 0 Å². The van der Waals surface area contributed by atoms with Crippen molar-refractivity contribution in [3.05, 3.63) is 29.6 Å². The van der Waals surface area contributed by atoms with Crippen molar-refractivity contribution in [3.8, 4) is 0 Å². The zero-order chi connectivity index (χ0) is 14.5. The third kappa shape index (κ3) is 3.33. The maximum absolute atomic E-state index is 6.28. The molecule has 1 heterocycles. The average molecular weight is 295 g/mol. The second-order valence-corrected chi connectivity index (χ2v) is 5.80. The van der Waals surface area contributed by atoms with Gasteiger partial charge in [0.05, 0.1) is 16.4 Å². The molecular weight excluding hydrogens is 272 g/mol. The minimum absolute atomic E-state index is 0.0849. The number of halogens is 1. The first kappa shape index (κ1) is 15.3. The van der Waals surface area contributed by atoms with Crippen LogP contribution in [0, 0.1) is 6.92 Å². The average Bonchev–Trinajstić information content (AvgIpc) is 2.79. The lowest BCUT2D eigenvalue weighted by molar-refractivity contribution is 0.129. The number of aromatic nitrogens is 2. The molecule has 0 amide bonds. The molecule has 3 nitrogen and oxygen atoms in total. The number of nitrogens with zero attached hydrogens (tertiary/aromatic N) is 2. The van der Waals surface area contributed by atoms with Crippen molar-refractivity contribution in [2.24, 2.45) is 0 Å².